The summed E-state index contributed by atoms with van der Waals surface area (Å²) < 4.78 is 39.0. The van der Waals surface area contributed by atoms with Crippen LogP contribution in [0.3, 0.4) is 0 Å². The molecule has 0 heterocycles. The van der Waals surface area contributed by atoms with E-state index in [4.69, 9.17) is 11.6 Å². The second kappa shape index (κ2) is 6.82. The molecule has 0 saturated heterocycles. The Balaban J connectivity index is 2.87. The molecule has 1 aliphatic carbocycles. The molecule has 0 N–H and O–H groups in total. The first-order chi connectivity index (χ1) is 8.79. The first kappa shape index (κ1) is 16.6. The Labute approximate surface area is 117 Å². The van der Waals surface area contributed by atoms with Crippen molar-refractivity contribution >= 4 is 17.5 Å². The van der Waals surface area contributed by atoms with Crippen molar-refractivity contribution in [3.05, 3.63) is 0 Å². The van der Waals surface area contributed by atoms with Crippen LogP contribution in [0.25, 0.3) is 0 Å². The lowest BCUT2D eigenvalue weighted by Crippen LogP contribution is -2.47. The van der Waals surface area contributed by atoms with Gasteiger partial charge >= 0.3 is 6.18 Å². The fourth-order valence-electron chi connectivity index (χ4n) is 2.75. The normalized spacial score (nSPS) is 24.6. The van der Waals surface area contributed by atoms with Crippen molar-refractivity contribution in [1.82, 2.24) is 4.90 Å². The molecule has 2 nitrogen and oxygen atoms in total. The number of carbonyl (C=O) groups excluding carboxylic acids is 1. The van der Waals surface area contributed by atoms with Crippen molar-refractivity contribution in [2.24, 2.45) is 11.8 Å². The topological polar surface area (TPSA) is 20.3 Å². The summed E-state index contributed by atoms with van der Waals surface area (Å²) >= 11 is 5.63. The van der Waals surface area contributed by atoms with Crippen molar-refractivity contribution in [2.75, 3.05) is 12.4 Å². The summed E-state index contributed by atoms with van der Waals surface area (Å²) in [6.07, 6.45) is -2.66. The summed E-state index contributed by atoms with van der Waals surface area (Å²) in [5.41, 5.74) is 0. The molecule has 6 heteroatoms. The molecule has 0 aliphatic heterocycles. The summed E-state index contributed by atoms with van der Waals surface area (Å²) in [4.78, 5) is 13.8. The molecule has 0 bridgehead atoms. The van der Waals surface area contributed by atoms with Crippen LogP contribution in [-0.2, 0) is 4.79 Å². The zero-order chi connectivity index (χ0) is 14.6. The Bertz CT molecular complexity index is 307. The number of amides is 1. The van der Waals surface area contributed by atoms with Crippen molar-refractivity contribution in [3.63, 3.8) is 0 Å². The standard InChI is InChI=1S/C13H21ClF3NO/c1-9(2)18(8-7-14)12(19)10-5-3-4-6-11(10)13(15,16)17/h9-11H,3-8H2,1-2H3. The van der Waals surface area contributed by atoms with Gasteiger partial charge in [0.2, 0.25) is 5.91 Å². The van der Waals surface area contributed by atoms with E-state index in [0.717, 1.165) is 0 Å². The number of hydrogen-bond donors (Lipinski definition) is 0. The van der Waals surface area contributed by atoms with Crippen LogP contribution in [0, 0.1) is 11.8 Å². The van der Waals surface area contributed by atoms with Gasteiger partial charge in [-0.3, -0.25) is 4.79 Å². The van der Waals surface area contributed by atoms with Crippen molar-refractivity contribution in [2.45, 2.75) is 51.7 Å². The fourth-order valence-corrected chi connectivity index (χ4v) is 2.93. The van der Waals surface area contributed by atoms with Crippen LogP contribution < -0.4 is 0 Å². The molecule has 2 atom stereocenters. The average molecular weight is 300 g/mol. The minimum Gasteiger partial charge on any atom is -0.339 e. The van der Waals surface area contributed by atoms with E-state index in [-0.39, 0.29) is 18.3 Å². The van der Waals surface area contributed by atoms with Crippen LogP contribution in [-0.4, -0.2) is 35.4 Å². The highest BCUT2D eigenvalue weighted by Gasteiger charge is 2.49. The summed E-state index contributed by atoms with van der Waals surface area (Å²) in [5.74, 6) is -2.57. The predicted molar refractivity (Wildman–Crippen MR) is 69.1 cm³/mol. The maximum absolute atomic E-state index is 13.0. The summed E-state index contributed by atoms with van der Waals surface area (Å²) in [6, 6.07) is -0.123. The minimum atomic E-state index is -4.29. The molecule has 1 aliphatic rings. The highest BCUT2D eigenvalue weighted by Crippen LogP contribution is 2.42. The van der Waals surface area contributed by atoms with E-state index < -0.39 is 23.9 Å². The van der Waals surface area contributed by atoms with Gasteiger partial charge in [0.15, 0.2) is 0 Å². The number of halogens is 4. The molecule has 0 aromatic heterocycles. The molecule has 0 spiro atoms. The molecule has 1 fully saturated rings. The van der Waals surface area contributed by atoms with E-state index in [0.29, 0.717) is 25.8 Å². The van der Waals surface area contributed by atoms with E-state index in [2.05, 4.69) is 0 Å². The number of hydrogen-bond acceptors (Lipinski definition) is 1. The zero-order valence-electron chi connectivity index (χ0n) is 11.3. The smallest absolute Gasteiger partial charge is 0.339 e. The van der Waals surface area contributed by atoms with E-state index in [9.17, 15) is 18.0 Å². The third kappa shape index (κ3) is 4.26. The second-order valence-corrected chi connectivity index (χ2v) is 5.73. The van der Waals surface area contributed by atoms with Gasteiger partial charge in [0, 0.05) is 24.4 Å². The van der Waals surface area contributed by atoms with Crippen molar-refractivity contribution < 1.29 is 18.0 Å². The molecule has 1 amide bonds. The minimum absolute atomic E-state index is 0.0622. The van der Waals surface area contributed by atoms with Crippen LogP contribution >= 0.6 is 11.6 Å². The Morgan fingerprint density at radius 3 is 2.37 bits per heavy atom. The number of carbonyl (C=O) groups is 1. The molecule has 19 heavy (non-hydrogen) atoms. The molecule has 0 aromatic rings. The third-order valence-corrected chi connectivity index (χ3v) is 3.90. The first-order valence-corrected chi connectivity index (χ1v) is 7.25. The highest BCUT2D eigenvalue weighted by atomic mass is 35.5. The summed E-state index contributed by atoms with van der Waals surface area (Å²) in [7, 11) is 0. The quantitative estimate of drug-likeness (QED) is 0.723. The van der Waals surface area contributed by atoms with Gasteiger partial charge < -0.3 is 4.90 Å². The van der Waals surface area contributed by atoms with Gasteiger partial charge in [0.25, 0.3) is 0 Å². The fraction of sp³-hybridized carbons (Fsp3) is 0.923. The summed E-state index contributed by atoms with van der Waals surface area (Å²) in [6.45, 7) is 3.91. The largest absolute Gasteiger partial charge is 0.392 e. The highest BCUT2D eigenvalue weighted by molar-refractivity contribution is 6.18. The Hall–Kier alpha value is -0.450. The molecular weight excluding hydrogens is 279 g/mol. The van der Waals surface area contributed by atoms with Gasteiger partial charge in [-0.25, -0.2) is 0 Å². The Morgan fingerprint density at radius 1 is 1.32 bits per heavy atom. The van der Waals surface area contributed by atoms with Crippen molar-refractivity contribution in [3.8, 4) is 0 Å². The van der Waals surface area contributed by atoms with Gasteiger partial charge in [0.05, 0.1) is 5.92 Å². The van der Waals surface area contributed by atoms with Gasteiger partial charge in [-0.15, -0.1) is 11.6 Å². The maximum atomic E-state index is 13.0. The molecule has 2 unspecified atom stereocenters. The van der Waals surface area contributed by atoms with E-state index >= 15 is 0 Å². The second-order valence-electron chi connectivity index (χ2n) is 5.35. The average Bonchev–Trinajstić information content (AvgIpc) is 2.33. The lowest BCUT2D eigenvalue weighted by molar-refractivity contribution is -0.201. The Morgan fingerprint density at radius 2 is 1.89 bits per heavy atom. The van der Waals surface area contributed by atoms with Crippen LogP contribution in [0.15, 0.2) is 0 Å². The molecule has 0 radical (unpaired) electrons. The van der Waals surface area contributed by atoms with E-state index in [1.165, 1.54) is 4.90 Å². The van der Waals surface area contributed by atoms with Crippen LogP contribution in [0.2, 0.25) is 0 Å². The van der Waals surface area contributed by atoms with Gasteiger partial charge in [-0.2, -0.15) is 13.2 Å². The number of rotatable bonds is 4. The molecule has 1 rings (SSSR count). The van der Waals surface area contributed by atoms with Crippen LogP contribution in [0.4, 0.5) is 13.2 Å². The maximum Gasteiger partial charge on any atom is 0.392 e. The molecule has 112 valence electrons. The van der Waals surface area contributed by atoms with Crippen molar-refractivity contribution in [1.29, 1.82) is 0 Å². The molecule has 1 saturated carbocycles. The van der Waals surface area contributed by atoms with Gasteiger partial charge in [-0.1, -0.05) is 12.8 Å². The monoisotopic (exact) mass is 299 g/mol. The van der Waals surface area contributed by atoms with E-state index in [1.54, 1.807) is 13.8 Å². The van der Waals surface area contributed by atoms with Gasteiger partial charge in [0.1, 0.15) is 0 Å². The lowest BCUT2D eigenvalue weighted by Gasteiger charge is -2.37. The Kier molecular flexibility index (Phi) is 5.96. The predicted octanol–water partition coefficient (Wildman–Crippen LogP) is 3.83. The van der Waals surface area contributed by atoms with Gasteiger partial charge in [-0.05, 0) is 26.7 Å². The summed E-state index contributed by atoms with van der Waals surface area (Å²) in [5, 5.41) is 0. The SMILES string of the molecule is CC(C)N(CCCl)C(=O)C1CCCCC1C(F)(F)F. The molecular formula is C13H21ClF3NO. The third-order valence-electron chi connectivity index (χ3n) is 3.74. The number of alkyl halides is 4. The lowest BCUT2D eigenvalue weighted by atomic mass is 9.78. The van der Waals surface area contributed by atoms with Crippen LogP contribution in [0.5, 0.6) is 0 Å². The first-order valence-electron chi connectivity index (χ1n) is 6.72. The zero-order valence-corrected chi connectivity index (χ0v) is 12.1. The molecule has 0 aromatic carbocycles. The number of nitrogens with zero attached hydrogens (tertiary/aromatic N) is 1. The van der Waals surface area contributed by atoms with Crippen LogP contribution in [0.1, 0.15) is 39.5 Å². The van der Waals surface area contributed by atoms with E-state index in [1.807, 2.05) is 0 Å².